The first-order valence-corrected chi connectivity index (χ1v) is 5.37. The molecular formula is C10H20N2O. The Balaban J connectivity index is 1.54. The zero-order valence-corrected chi connectivity index (χ0v) is 8.54. The van der Waals surface area contributed by atoms with Gasteiger partial charge in [0.15, 0.2) is 0 Å². The van der Waals surface area contributed by atoms with E-state index in [2.05, 4.69) is 16.8 Å². The van der Waals surface area contributed by atoms with Gasteiger partial charge < -0.3 is 14.5 Å². The van der Waals surface area contributed by atoms with Crippen LogP contribution >= 0.6 is 0 Å². The highest BCUT2D eigenvalue weighted by atomic mass is 16.6. The van der Waals surface area contributed by atoms with E-state index in [4.69, 9.17) is 4.74 Å². The summed E-state index contributed by atoms with van der Waals surface area (Å²) in [5.74, 6) is 0. The van der Waals surface area contributed by atoms with E-state index in [1.165, 1.54) is 39.0 Å². The Hall–Kier alpha value is -0.120. The first-order valence-electron chi connectivity index (χ1n) is 5.37. The fourth-order valence-electron chi connectivity index (χ4n) is 1.93. The predicted octanol–water partition coefficient (Wildman–Crippen LogP) is 0.413. The molecule has 2 fully saturated rings. The second kappa shape index (κ2) is 4.40. The minimum absolute atomic E-state index is 0.545. The molecule has 3 nitrogen and oxygen atoms in total. The Morgan fingerprint density at radius 1 is 1.38 bits per heavy atom. The molecule has 0 radical (unpaired) electrons. The minimum Gasteiger partial charge on any atom is -0.372 e. The molecule has 1 atom stereocenters. The molecule has 13 heavy (non-hydrogen) atoms. The number of likely N-dealkylation sites (tertiary alicyclic amines) is 1. The standard InChI is InChI=1S/C10H20N2O/c1-11(8-10-9-13-10)6-7-12-4-2-3-5-12/h10H,2-9H2,1H3. The molecule has 0 aromatic carbocycles. The van der Waals surface area contributed by atoms with Crippen LogP contribution in [0.3, 0.4) is 0 Å². The maximum Gasteiger partial charge on any atom is 0.0936 e. The van der Waals surface area contributed by atoms with Crippen molar-refractivity contribution in [2.75, 3.05) is 46.4 Å². The van der Waals surface area contributed by atoms with Crippen molar-refractivity contribution in [2.45, 2.75) is 18.9 Å². The van der Waals surface area contributed by atoms with Crippen LogP contribution in [-0.4, -0.2) is 62.3 Å². The number of hydrogen-bond donors (Lipinski definition) is 0. The molecule has 3 heteroatoms. The highest BCUT2D eigenvalue weighted by Gasteiger charge is 2.24. The van der Waals surface area contributed by atoms with Crippen LogP contribution in [0.5, 0.6) is 0 Å². The molecule has 1 unspecified atom stereocenters. The normalized spacial score (nSPS) is 28.6. The number of nitrogens with zero attached hydrogens (tertiary/aromatic N) is 2. The van der Waals surface area contributed by atoms with Gasteiger partial charge >= 0.3 is 0 Å². The molecule has 0 amide bonds. The Kier molecular flexibility index (Phi) is 3.19. The Labute approximate surface area is 80.6 Å². The number of likely N-dealkylation sites (N-methyl/N-ethyl adjacent to an activating group) is 1. The maximum absolute atomic E-state index is 5.20. The Morgan fingerprint density at radius 3 is 2.69 bits per heavy atom. The fraction of sp³-hybridized carbons (Fsp3) is 1.00. The summed E-state index contributed by atoms with van der Waals surface area (Å²) in [6.07, 6.45) is 3.34. The monoisotopic (exact) mass is 184 g/mol. The lowest BCUT2D eigenvalue weighted by molar-refractivity contribution is 0.238. The van der Waals surface area contributed by atoms with Crippen LogP contribution in [0.2, 0.25) is 0 Å². The fourth-order valence-corrected chi connectivity index (χ4v) is 1.93. The summed E-state index contributed by atoms with van der Waals surface area (Å²) in [5, 5.41) is 0. The first-order chi connectivity index (χ1) is 6.34. The predicted molar refractivity (Wildman–Crippen MR) is 52.9 cm³/mol. The van der Waals surface area contributed by atoms with Crippen LogP contribution in [0, 0.1) is 0 Å². The molecule has 2 aliphatic heterocycles. The molecule has 2 rings (SSSR count). The zero-order chi connectivity index (χ0) is 9.10. The van der Waals surface area contributed by atoms with E-state index in [9.17, 15) is 0 Å². The van der Waals surface area contributed by atoms with Crippen molar-refractivity contribution in [2.24, 2.45) is 0 Å². The van der Waals surface area contributed by atoms with Gasteiger partial charge in [0.25, 0.3) is 0 Å². The molecule has 0 spiro atoms. The average Bonchev–Trinajstić information content (AvgIpc) is 2.78. The van der Waals surface area contributed by atoms with E-state index in [-0.39, 0.29) is 0 Å². The number of rotatable bonds is 5. The van der Waals surface area contributed by atoms with Crippen molar-refractivity contribution >= 4 is 0 Å². The van der Waals surface area contributed by atoms with Gasteiger partial charge in [0.1, 0.15) is 0 Å². The lowest BCUT2D eigenvalue weighted by atomic mass is 10.4. The molecule has 0 N–H and O–H groups in total. The summed E-state index contributed by atoms with van der Waals surface area (Å²) < 4.78 is 5.20. The van der Waals surface area contributed by atoms with E-state index in [0.717, 1.165) is 13.2 Å². The summed E-state index contributed by atoms with van der Waals surface area (Å²) >= 11 is 0. The number of ether oxygens (including phenoxy) is 1. The van der Waals surface area contributed by atoms with E-state index < -0.39 is 0 Å². The third kappa shape index (κ3) is 3.25. The van der Waals surface area contributed by atoms with Gasteiger partial charge in [-0.15, -0.1) is 0 Å². The topological polar surface area (TPSA) is 19.0 Å². The smallest absolute Gasteiger partial charge is 0.0936 e. The average molecular weight is 184 g/mol. The molecule has 2 aliphatic rings. The number of hydrogen-bond acceptors (Lipinski definition) is 3. The van der Waals surface area contributed by atoms with Crippen LogP contribution in [0.15, 0.2) is 0 Å². The van der Waals surface area contributed by atoms with Crippen molar-refractivity contribution in [3.05, 3.63) is 0 Å². The summed E-state index contributed by atoms with van der Waals surface area (Å²) in [4.78, 5) is 4.94. The van der Waals surface area contributed by atoms with Crippen molar-refractivity contribution < 1.29 is 4.74 Å². The Morgan fingerprint density at radius 2 is 2.08 bits per heavy atom. The van der Waals surface area contributed by atoms with E-state index in [1.54, 1.807) is 0 Å². The van der Waals surface area contributed by atoms with Gasteiger partial charge in [-0.2, -0.15) is 0 Å². The second-order valence-corrected chi connectivity index (χ2v) is 4.27. The molecule has 0 bridgehead atoms. The molecule has 0 aromatic rings. The quantitative estimate of drug-likeness (QED) is 0.577. The van der Waals surface area contributed by atoms with Crippen LogP contribution in [0.4, 0.5) is 0 Å². The third-order valence-electron chi connectivity index (χ3n) is 2.91. The largest absolute Gasteiger partial charge is 0.372 e. The van der Waals surface area contributed by atoms with Crippen molar-refractivity contribution in [1.82, 2.24) is 9.80 Å². The van der Waals surface area contributed by atoms with Gasteiger partial charge in [-0.25, -0.2) is 0 Å². The summed E-state index contributed by atoms with van der Waals surface area (Å²) in [5.41, 5.74) is 0. The lowest BCUT2D eigenvalue weighted by Crippen LogP contribution is -2.33. The van der Waals surface area contributed by atoms with Gasteiger partial charge in [-0.3, -0.25) is 0 Å². The van der Waals surface area contributed by atoms with E-state index in [1.807, 2.05) is 0 Å². The van der Waals surface area contributed by atoms with E-state index in [0.29, 0.717) is 6.10 Å². The molecule has 2 heterocycles. The Bertz CT molecular complexity index is 153. The highest BCUT2D eigenvalue weighted by molar-refractivity contribution is 4.74. The van der Waals surface area contributed by atoms with Crippen LogP contribution < -0.4 is 0 Å². The van der Waals surface area contributed by atoms with Crippen LogP contribution in [-0.2, 0) is 4.74 Å². The van der Waals surface area contributed by atoms with Gasteiger partial charge in [-0.1, -0.05) is 0 Å². The lowest BCUT2D eigenvalue weighted by Gasteiger charge is -2.20. The second-order valence-electron chi connectivity index (χ2n) is 4.27. The van der Waals surface area contributed by atoms with Gasteiger partial charge in [0.05, 0.1) is 12.7 Å². The summed E-state index contributed by atoms with van der Waals surface area (Å²) in [6, 6.07) is 0. The maximum atomic E-state index is 5.20. The molecular weight excluding hydrogens is 164 g/mol. The molecule has 0 aromatic heterocycles. The molecule has 0 aliphatic carbocycles. The number of epoxide rings is 1. The minimum atomic E-state index is 0.545. The molecule has 2 saturated heterocycles. The first kappa shape index (κ1) is 9.44. The van der Waals surface area contributed by atoms with Crippen molar-refractivity contribution in [1.29, 1.82) is 0 Å². The highest BCUT2D eigenvalue weighted by Crippen LogP contribution is 2.10. The zero-order valence-electron chi connectivity index (χ0n) is 8.54. The summed E-state index contributed by atoms with van der Waals surface area (Å²) in [7, 11) is 2.19. The van der Waals surface area contributed by atoms with Crippen molar-refractivity contribution in [3.63, 3.8) is 0 Å². The van der Waals surface area contributed by atoms with Crippen LogP contribution in [0.1, 0.15) is 12.8 Å². The van der Waals surface area contributed by atoms with E-state index >= 15 is 0 Å². The molecule has 76 valence electrons. The van der Waals surface area contributed by atoms with Gasteiger partial charge in [0.2, 0.25) is 0 Å². The van der Waals surface area contributed by atoms with Crippen molar-refractivity contribution in [3.8, 4) is 0 Å². The molecule has 0 saturated carbocycles. The third-order valence-corrected chi connectivity index (χ3v) is 2.91. The SMILES string of the molecule is CN(CCN1CCCC1)CC1CO1. The summed E-state index contributed by atoms with van der Waals surface area (Å²) in [6.45, 7) is 7.16. The van der Waals surface area contributed by atoms with Gasteiger partial charge in [0, 0.05) is 19.6 Å². The van der Waals surface area contributed by atoms with Gasteiger partial charge in [-0.05, 0) is 33.0 Å². The van der Waals surface area contributed by atoms with Crippen LogP contribution in [0.25, 0.3) is 0 Å².